The van der Waals surface area contributed by atoms with E-state index >= 15 is 0 Å². The third-order valence-corrected chi connectivity index (χ3v) is 3.39. The molecule has 1 fully saturated rings. The number of aromatic nitrogens is 1. The first-order valence-corrected chi connectivity index (χ1v) is 6.39. The molecule has 0 aliphatic carbocycles. The van der Waals surface area contributed by atoms with Crippen molar-refractivity contribution in [2.75, 3.05) is 32.1 Å². The molecule has 1 amide bonds. The third kappa shape index (κ3) is 3.01. The molecular weight excluding hydrogens is 249 g/mol. The highest BCUT2D eigenvalue weighted by atomic mass is 19.1. The SMILES string of the molecule is CNc1ncc(F)cc1C(=O)N1CCCC(CO)C1. The van der Waals surface area contributed by atoms with Crippen LogP contribution in [0.15, 0.2) is 12.3 Å². The Labute approximate surface area is 111 Å². The van der Waals surface area contributed by atoms with Crippen molar-refractivity contribution in [2.24, 2.45) is 5.92 Å². The van der Waals surface area contributed by atoms with Gasteiger partial charge in [0.25, 0.3) is 5.91 Å². The summed E-state index contributed by atoms with van der Waals surface area (Å²) in [6.45, 7) is 1.22. The fraction of sp³-hybridized carbons (Fsp3) is 0.538. The normalized spacial score (nSPS) is 19.3. The molecule has 6 heteroatoms. The van der Waals surface area contributed by atoms with Crippen LogP contribution < -0.4 is 5.32 Å². The lowest BCUT2D eigenvalue weighted by Crippen LogP contribution is -2.41. The van der Waals surface area contributed by atoms with Crippen LogP contribution in [0.2, 0.25) is 0 Å². The van der Waals surface area contributed by atoms with E-state index < -0.39 is 5.82 Å². The minimum atomic E-state index is -0.530. The number of aliphatic hydroxyl groups is 1. The van der Waals surface area contributed by atoms with Crippen molar-refractivity contribution in [2.45, 2.75) is 12.8 Å². The van der Waals surface area contributed by atoms with Crippen LogP contribution in [0, 0.1) is 11.7 Å². The van der Waals surface area contributed by atoms with Gasteiger partial charge < -0.3 is 15.3 Å². The summed E-state index contributed by atoms with van der Waals surface area (Å²) in [7, 11) is 1.64. The molecule has 2 heterocycles. The maximum atomic E-state index is 13.3. The molecule has 0 saturated carbocycles. The monoisotopic (exact) mass is 267 g/mol. The summed E-state index contributed by atoms with van der Waals surface area (Å²) in [5, 5.41) is 12.0. The van der Waals surface area contributed by atoms with E-state index in [1.807, 2.05) is 0 Å². The Balaban J connectivity index is 2.21. The molecule has 1 aliphatic heterocycles. The highest BCUT2D eigenvalue weighted by Gasteiger charge is 2.26. The van der Waals surface area contributed by atoms with E-state index in [-0.39, 0.29) is 24.0 Å². The lowest BCUT2D eigenvalue weighted by atomic mass is 9.98. The largest absolute Gasteiger partial charge is 0.396 e. The van der Waals surface area contributed by atoms with E-state index in [1.165, 1.54) is 6.07 Å². The summed E-state index contributed by atoms with van der Waals surface area (Å²) in [6.07, 6.45) is 2.85. The molecule has 1 saturated heterocycles. The molecule has 0 radical (unpaired) electrons. The van der Waals surface area contributed by atoms with Gasteiger partial charge in [-0.15, -0.1) is 0 Å². The Morgan fingerprint density at radius 2 is 2.47 bits per heavy atom. The average molecular weight is 267 g/mol. The lowest BCUT2D eigenvalue weighted by molar-refractivity contribution is 0.0621. The van der Waals surface area contributed by atoms with Gasteiger partial charge >= 0.3 is 0 Å². The highest BCUT2D eigenvalue weighted by molar-refractivity contribution is 5.98. The number of carbonyl (C=O) groups is 1. The molecule has 1 aromatic rings. The molecule has 1 aliphatic rings. The first kappa shape index (κ1) is 13.7. The van der Waals surface area contributed by atoms with Crippen LogP contribution in [0.1, 0.15) is 23.2 Å². The molecule has 2 rings (SSSR count). The zero-order valence-electron chi connectivity index (χ0n) is 10.9. The second kappa shape index (κ2) is 5.97. The standard InChI is InChI=1S/C13H18FN3O2/c1-15-12-11(5-10(14)6-16-12)13(19)17-4-2-3-9(7-17)8-18/h5-6,9,18H,2-4,7-8H2,1H3,(H,15,16). The predicted octanol–water partition coefficient (Wildman–Crippen LogP) is 1.11. The van der Waals surface area contributed by atoms with Gasteiger partial charge in [0.15, 0.2) is 0 Å². The molecule has 5 nitrogen and oxygen atoms in total. The van der Waals surface area contributed by atoms with Gasteiger partial charge in [0, 0.05) is 26.7 Å². The maximum absolute atomic E-state index is 13.3. The van der Waals surface area contributed by atoms with Crippen molar-refractivity contribution in [3.05, 3.63) is 23.6 Å². The van der Waals surface area contributed by atoms with Crippen LogP contribution in [0.5, 0.6) is 0 Å². The number of piperidine rings is 1. The van der Waals surface area contributed by atoms with Crippen LogP contribution in [-0.4, -0.2) is 47.6 Å². The van der Waals surface area contributed by atoms with Crippen molar-refractivity contribution >= 4 is 11.7 Å². The zero-order valence-corrected chi connectivity index (χ0v) is 10.9. The summed E-state index contributed by atoms with van der Waals surface area (Å²) in [5.41, 5.74) is 0.237. The number of rotatable bonds is 3. The van der Waals surface area contributed by atoms with Crippen molar-refractivity contribution in [3.8, 4) is 0 Å². The van der Waals surface area contributed by atoms with E-state index in [1.54, 1.807) is 11.9 Å². The number of nitrogens with zero attached hydrogens (tertiary/aromatic N) is 2. The van der Waals surface area contributed by atoms with Gasteiger partial charge in [-0.3, -0.25) is 4.79 Å². The molecule has 0 aromatic carbocycles. The van der Waals surface area contributed by atoms with Gasteiger partial charge in [0.2, 0.25) is 0 Å². The Kier molecular flexibility index (Phi) is 4.31. The summed E-state index contributed by atoms with van der Waals surface area (Å²) >= 11 is 0. The molecule has 1 unspecified atom stereocenters. The number of likely N-dealkylation sites (tertiary alicyclic amines) is 1. The van der Waals surface area contributed by atoms with E-state index in [9.17, 15) is 14.3 Å². The van der Waals surface area contributed by atoms with Gasteiger partial charge in [0.1, 0.15) is 11.6 Å². The fourth-order valence-electron chi connectivity index (χ4n) is 2.37. The van der Waals surface area contributed by atoms with Crippen LogP contribution in [-0.2, 0) is 0 Å². The number of amides is 1. The van der Waals surface area contributed by atoms with Crippen molar-refractivity contribution in [1.29, 1.82) is 0 Å². The first-order valence-electron chi connectivity index (χ1n) is 6.39. The van der Waals surface area contributed by atoms with Crippen molar-refractivity contribution < 1.29 is 14.3 Å². The highest BCUT2D eigenvalue weighted by Crippen LogP contribution is 2.21. The number of hydrogen-bond donors (Lipinski definition) is 2. The van der Waals surface area contributed by atoms with Gasteiger partial charge in [-0.05, 0) is 24.8 Å². The number of anilines is 1. The van der Waals surface area contributed by atoms with Crippen molar-refractivity contribution in [1.82, 2.24) is 9.88 Å². The predicted molar refractivity (Wildman–Crippen MR) is 69.5 cm³/mol. The number of nitrogens with one attached hydrogen (secondary N) is 1. The quantitative estimate of drug-likeness (QED) is 0.861. The number of halogens is 1. The van der Waals surface area contributed by atoms with E-state index in [0.29, 0.717) is 18.9 Å². The fourth-order valence-corrected chi connectivity index (χ4v) is 2.37. The van der Waals surface area contributed by atoms with Crippen LogP contribution >= 0.6 is 0 Å². The number of aliphatic hydroxyl groups excluding tert-OH is 1. The van der Waals surface area contributed by atoms with Crippen molar-refractivity contribution in [3.63, 3.8) is 0 Å². The van der Waals surface area contributed by atoms with Crippen LogP contribution in [0.4, 0.5) is 10.2 Å². The van der Waals surface area contributed by atoms with E-state index in [2.05, 4.69) is 10.3 Å². The number of carbonyl (C=O) groups excluding carboxylic acids is 1. The number of pyridine rings is 1. The lowest BCUT2D eigenvalue weighted by Gasteiger charge is -2.32. The minimum Gasteiger partial charge on any atom is -0.396 e. The molecular formula is C13H18FN3O2. The summed E-state index contributed by atoms with van der Waals surface area (Å²) in [6, 6.07) is 1.20. The molecule has 0 spiro atoms. The van der Waals surface area contributed by atoms with Crippen LogP contribution in [0.3, 0.4) is 0 Å². The van der Waals surface area contributed by atoms with Crippen LogP contribution in [0.25, 0.3) is 0 Å². The third-order valence-electron chi connectivity index (χ3n) is 3.39. The van der Waals surface area contributed by atoms with E-state index in [0.717, 1.165) is 19.0 Å². The summed E-state index contributed by atoms with van der Waals surface area (Å²) < 4.78 is 13.3. The van der Waals surface area contributed by atoms with Gasteiger partial charge in [-0.25, -0.2) is 9.37 Å². The molecule has 1 atom stereocenters. The average Bonchev–Trinajstić information content (AvgIpc) is 2.46. The first-order chi connectivity index (χ1) is 9.15. The van der Waals surface area contributed by atoms with Gasteiger partial charge in [-0.2, -0.15) is 0 Å². The molecule has 1 aromatic heterocycles. The molecule has 104 valence electrons. The Bertz CT molecular complexity index is 467. The second-order valence-electron chi connectivity index (χ2n) is 4.74. The minimum absolute atomic E-state index is 0.0735. The Morgan fingerprint density at radius 1 is 1.68 bits per heavy atom. The summed E-state index contributed by atoms with van der Waals surface area (Å²) in [4.78, 5) is 17.9. The summed E-state index contributed by atoms with van der Waals surface area (Å²) in [5.74, 6) is -0.289. The second-order valence-corrected chi connectivity index (χ2v) is 4.74. The Morgan fingerprint density at radius 3 is 3.16 bits per heavy atom. The van der Waals surface area contributed by atoms with Gasteiger partial charge in [0.05, 0.1) is 11.8 Å². The number of hydrogen-bond acceptors (Lipinski definition) is 4. The Hall–Kier alpha value is -1.69. The van der Waals surface area contributed by atoms with Gasteiger partial charge in [-0.1, -0.05) is 0 Å². The topological polar surface area (TPSA) is 65.5 Å². The molecule has 19 heavy (non-hydrogen) atoms. The smallest absolute Gasteiger partial charge is 0.257 e. The van der Waals surface area contributed by atoms with E-state index in [4.69, 9.17) is 0 Å². The molecule has 0 bridgehead atoms. The zero-order chi connectivity index (χ0) is 13.8. The molecule has 2 N–H and O–H groups in total. The maximum Gasteiger partial charge on any atom is 0.257 e.